The second kappa shape index (κ2) is 9.44. The maximum absolute atomic E-state index is 12.9. The quantitative estimate of drug-likeness (QED) is 0.800. The molecule has 0 aromatic heterocycles. The molecule has 0 radical (unpaired) electrons. The van der Waals surface area contributed by atoms with E-state index in [0.717, 1.165) is 44.9 Å². The summed E-state index contributed by atoms with van der Waals surface area (Å²) in [6.07, 6.45) is 3.47. The Bertz CT molecular complexity index is 567. The average molecular weight is 363 g/mol. The van der Waals surface area contributed by atoms with Gasteiger partial charge in [0.2, 0.25) is 5.91 Å². The molecule has 0 bridgehead atoms. The third kappa shape index (κ3) is 5.50. The number of hydrogen-bond acceptors (Lipinski definition) is 4. The number of nitrogens with zero attached hydrogens (tertiary/aromatic N) is 2. The molecule has 0 spiro atoms. The Morgan fingerprint density at radius 2 is 2.00 bits per heavy atom. The highest BCUT2D eigenvalue weighted by molar-refractivity contribution is 5.81. The van der Waals surface area contributed by atoms with Gasteiger partial charge in [-0.05, 0) is 43.9 Å². The van der Waals surface area contributed by atoms with E-state index in [1.54, 1.807) is 12.1 Å². The van der Waals surface area contributed by atoms with Crippen LogP contribution in [-0.4, -0.2) is 73.7 Å². The number of carbonyl (C=O) groups is 1. The van der Waals surface area contributed by atoms with Crippen molar-refractivity contribution in [1.82, 2.24) is 15.1 Å². The Morgan fingerprint density at radius 1 is 1.27 bits per heavy atom. The van der Waals surface area contributed by atoms with Crippen molar-refractivity contribution in [2.24, 2.45) is 0 Å². The fourth-order valence-electron chi connectivity index (χ4n) is 3.70. The van der Waals surface area contributed by atoms with Crippen molar-refractivity contribution in [3.05, 3.63) is 35.6 Å². The molecule has 2 unspecified atom stereocenters. The van der Waals surface area contributed by atoms with E-state index in [1.165, 1.54) is 25.0 Å². The van der Waals surface area contributed by atoms with Gasteiger partial charge in [-0.25, -0.2) is 4.39 Å². The van der Waals surface area contributed by atoms with E-state index in [-0.39, 0.29) is 17.8 Å². The highest BCUT2D eigenvalue weighted by atomic mass is 19.1. The monoisotopic (exact) mass is 363 g/mol. The fraction of sp³-hybridized carbons (Fsp3) is 0.650. The van der Waals surface area contributed by atoms with Crippen LogP contribution in [0, 0.1) is 5.82 Å². The smallest absolute Gasteiger partial charge is 0.237 e. The zero-order chi connectivity index (χ0) is 18.4. The second-order valence-electron chi connectivity index (χ2n) is 7.32. The summed E-state index contributed by atoms with van der Waals surface area (Å²) in [7, 11) is 0. The van der Waals surface area contributed by atoms with Crippen molar-refractivity contribution in [3.63, 3.8) is 0 Å². The zero-order valence-electron chi connectivity index (χ0n) is 15.6. The molecule has 5 nitrogen and oxygen atoms in total. The van der Waals surface area contributed by atoms with Crippen LogP contribution in [0.1, 0.15) is 25.3 Å². The molecule has 2 saturated heterocycles. The molecule has 3 rings (SSSR count). The summed E-state index contributed by atoms with van der Waals surface area (Å²) in [6.45, 7) is 8.29. The zero-order valence-corrected chi connectivity index (χ0v) is 15.6. The number of halogens is 1. The largest absolute Gasteiger partial charge is 0.377 e. The van der Waals surface area contributed by atoms with Crippen molar-refractivity contribution < 1.29 is 13.9 Å². The van der Waals surface area contributed by atoms with Gasteiger partial charge in [0, 0.05) is 45.9 Å². The summed E-state index contributed by atoms with van der Waals surface area (Å²) in [5.74, 6) is -0.162. The number of benzene rings is 1. The number of hydrogen-bond donors (Lipinski definition) is 1. The topological polar surface area (TPSA) is 44.8 Å². The maximum atomic E-state index is 12.9. The summed E-state index contributed by atoms with van der Waals surface area (Å²) in [6, 6.07) is 6.32. The van der Waals surface area contributed by atoms with Gasteiger partial charge in [-0.15, -0.1) is 0 Å². The van der Waals surface area contributed by atoms with Crippen LogP contribution in [0.25, 0.3) is 0 Å². The molecule has 2 aliphatic rings. The minimum Gasteiger partial charge on any atom is -0.377 e. The average Bonchev–Trinajstić information content (AvgIpc) is 3.16. The van der Waals surface area contributed by atoms with Gasteiger partial charge in [0.25, 0.3) is 0 Å². The van der Waals surface area contributed by atoms with E-state index in [0.29, 0.717) is 19.1 Å². The minimum absolute atomic E-state index is 0.0692. The van der Waals surface area contributed by atoms with E-state index in [4.69, 9.17) is 4.74 Å². The van der Waals surface area contributed by atoms with Gasteiger partial charge < -0.3 is 10.1 Å². The van der Waals surface area contributed by atoms with Gasteiger partial charge in [0.1, 0.15) is 5.82 Å². The molecule has 6 heteroatoms. The summed E-state index contributed by atoms with van der Waals surface area (Å²) in [5, 5.41) is 3.00. The molecule has 144 valence electrons. The predicted molar refractivity (Wildman–Crippen MR) is 99.6 cm³/mol. The Balaban J connectivity index is 1.35. The van der Waals surface area contributed by atoms with Crippen molar-refractivity contribution in [3.8, 4) is 0 Å². The maximum Gasteiger partial charge on any atom is 0.237 e. The van der Waals surface area contributed by atoms with Crippen LogP contribution in [0.2, 0.25) is 0 Å². The van der Waals surface area contributed by atoms with E-state index in [9.17, 15) is 9.18 Å². The van der Waals surface area contributed by atoms with Crippen LogP contribution in [-0.2, 0) is 16.0 Å². The molecule has 1 aromatic carbocycles. The van der Waals surface area contributed by atoms with Crippen LogP contribution in [0.4, 0.5) is 4.39 Å². The molecule has 2 fully saturated rings. The van der Waals surface area contributed by atoms with E-state index in [2.05, 4.69) is 15.1 Å². The lowest BCUT2D eigenvalue weighted by molar-refractivity contribution is -0.126. The van der Waals surface area contributed by atoms with Crippen molar-refractivity contribution in [2.75, 3.05) is 45.9 Å². The molecule has 2 aliphatic heterocycles. The molecular weight excluding hydrogens is 333 g/mol. The van der Waals surface area contributed by atoms with Crippen LogP contribution in [0.3, 0.4) is 0 Å². The number of carbonyl (C=O) groups excluding carboxylic acids is 1. The van der Waals surface area contributed by atoms with E-state index < -0.39 is 0 Å². The summed E-state index contributed by atoms with van der Waals surface area (Å²) in [5.41, 5.74) is 1.03. The summed E-state index contributed by atoms with van der Waals surface area (Å²) >= 11 is 0. The highest BCUT2D eigenvalue weighted by Gasteiger charge is 2.27. The molecule has 1 amide bonds. The molecule has 2 atom stereocenters. The Hall–Kier alpha value is -1.50. The van der Waals surface area contributed by atoms with Crippen LogP contribution in [0.15, 0.2) is 24.3 Å². The standard InChI is InChI=1S/C20H30FN3O2/c1-16(20(25)22-9-8-17-4-6-18(21)7-5-17)24-12-10-23(11-13-24)15-19-3-2-14-26-19/h4-7,16,19H,2-3,8-15H2,1H3,(H,22,25). The SMILES string of the molecule is CC(C(=O)NCCc1ccc(F)cc1)N1CCN(CC2CCCO2)CC1. The molecule has 0 aliphatic carbocycles. The van der Waals surface area contributed by atoms with E-state index >= 15 is 0 Å². The predicted octanol–water partition coefficient (Wildman–Crippen LogP) is 1.67. The summed E-state index contributed by atoms with van der Waals surface area (Å²) < 4.78 is 18.6. The molecule has 26 heavy (non-hydrogen) atoms. The van der Waals surface area contributed by atoms with Crippen LogP contribution < -0.4 is 5.32 Å². The summed E-state index contributed by atoms with van der Waals surface area (Å²) in [4.78, 5) is 17.1. The first kappa shape index (κ1) is 19.3. The first-order valence-corrected chi connectivity index (χ1v) is 9.72. The van der Waals surface area contributed by atoms with E-state index in [1.807, 2.05) is 6.92 Å². The number of ether oxygens (including phenoxy) is 1. The number of rotatable bonds is 7. The lowest BCUT2D eigenvalue weighted by atomic mass is 10.1. The van der Waals surface area contributed by atoms with Gasteiger partial charge in [0.15, 0.2) is 0 Å². The van der Waals surface area contributed by atoms with Crippen LogP contribution >= 0.6 is 0 Å². The number of nitrogens with one attached hydrogen (secondary N) is 1. The molecule has 2 heterocycles. The third-order valence-electron chi connectivity index (χ3n) is 5.45. The van der Waals surface area contributed by atoms with Crippen LogP contribution in [0.5, 0.6) is 0 Å². The van der Waals surface area contributed by atoms with Crippen molar-refractivity contribution in [1.29, 1.82) is 0 Å². The Kier molecular flexibility index (Phi) is 7.00. The lowest BCUT2D eigenvalue weighted by Crippen LogP contribution is -2.54. The van der Waals surface area contributed by atoms with Gasteiger partial charge in [-0.3, -0.25) is 14.6 Å². The minimum atomic E-state index is -0.231. The lowest BCUT2D eigenvalue weighted by Gasteiger charge is -2.38. The first-order chi connectivity index (χ1) is 12.6. The number of piperazine rings is 1. The second-order valence-corrected chi connectivity index (χ2v) is 7.32. The Morgan fingerprint density at radius 3 is 2.65 bits per heavy atom. The number of amides is 1. The molecule has 1 aromatic rings. The van der Waals surface area contributed by atoms with Gasteiger partial charge >= 0.3 is 0 Å². The third-order valence-corrected chi connectivity index (χ3v) is 5.45. The van der Waals surface area contributed by atoms with Crippen molar-refractivity contribution in [2.45, 2.75) is 38.3 Å². The molecule has 0 saturated carbocycles. The van der Waals surface area contributed by atoms with Gasteiger partial charge in [-0.2, -0.15) is 0 Å². The van der Waals surface area contributed by atoms with Gasteiger partial charge in [-0.1, -0.05) is 12.1 Å². The molecule has 1 N–H and O–H groups in total. The first-order valence-electron chi connectivity index (χ1n) is 9.72. The highest BCUT2D eigenvalue weighted by Crippen LogP contribution is 2.15. The normalized spacial score (nSPS) is 23.1. The van der Waals surface area contributed by atoms with Gasteiger partial charge in [0.05, 0.1) is 12.1 Å². The molecular formula is C20H30FN3O2. The Labute approximate surface area is 155 Å². The fourth-order valence-corrected chi connectivity index (χ4v) is 3.70. The van der Waals surface area contributed by atoms with Crippen molar-refractivity contribution >= 4 is 5.91 Å².